The van der Waals surface area contributed by atoms with Crippen molar-refractivity contribution >= 4 is 58.1 Å². The summed E-state index contributed by atoms with van der Waals surface area (Å²) in [4.78, 5) is 47.4. The SMILES string of the molecule is CC(=O)OC[C@@H]1S[C@H](n2ccc3c(Cl)cccc32)[C@H](OC(C)=O)[C@@H](OC(C)=O)[C@@H]1OC(C)=O. The van der Waals surface area contributed by atoms with Crippen LogP contribution in [0.5, 0.6) is 0 Å². The molecule has 5 atom stereocenters. The minimum absolute atomic E-state index is 0.112. The number of benzene rings is 1. The lowest BCUT2D eigenvalue weighted by Gasteiger charge is -2.44. The highest BCUT2D eigenvalue weighted by atomic mass is 35.5. The van der Waals surface area contributed by atoms with Crippen LogP contribution in [-0.2, 0) is 38.1 Å². The molecule has 0 saturated carbocycles. The van der Waals surface area contributed by atoms with Gasteiger partial charge in [-0.2, -0.15) is 0 Å². The normalized spacial score (nSPS) is 24.7. The zero-order valence-electron chi connectivity index (χ0n) is 18.5. The molecule has 1 aromatic carbocycles. The maximum absolute atomic E-state index is 12.0. The van der Waals surface area contributed by atoms with Gasteiger partial charge in [-0.25, -0.2) is 0 Å². The summed E-state index contributed by atoms with van der Waals surface area (Å²) in [6.45, 7) is 4.81. The molecule has 0 radical (unpaired) electrons. The quantitative estimate of drug-likeness (QED) is 0.438. The second-order valence-electron chi connectivity index (χ2n) is 7.49. The first kappa shape index (κ1) is 24.9. The van der Waals surface area contributed by atoms with Gasteiger partial charge in [-0.1, -0.05) is 17.7 Å². The molecule has 178 valence electrons. The zero-order chi connectivity index (χ0) is 24.3. The van der Waals surface area contributed by atoms with E-state index in [0.717, 1.165) is 10.9 Å². The third-order valence-electron chi connectivity index (χ3n) is 4.95. The van der Waals surface area contributed by atoms with Crippen LogP contribution in [0.1, 0.15) is 33.1 Å². The minimum atomic E-state index is -1.14. The molecule has 0 amide bonds. The van der Waals surface area contributed by atoms with E-state index in [1.807, 2.05) is 16.7 Å². The van der Waals surface area contributed by atoms with Gasteiger partial charge < -0.3 is 23.5 Å². The number of halogens is 1. The lowest BCUT2D eigenvalue weighted by Crippen LogP contribution is -2.57. The van der Waals surface area contributed by atoms with Crippen LogP contribution in [0.2, 0.25) is 5.02 Å². The van der Waals surface area contributed by atoms with Crippen LogP contribution >= 0.6 is 23.4 Å². The summed E-state index contributed by atoms with van der Waals surface area (Å²) in [5.41, 5.74) is 0.760. The van der Waals surface area contributed by atoms with Crippen LogP contribution in [0.3, 0.4) is 0 Å². The van der Waals surface area contributed by atoms with E-state index in [0.29, 0.717) is 5.02 Å². The molecule has 0 bridgehead atoms. The second-order valence-corrected chi connectivity index (χ2v) is 9.25. The summed E-state index contributed by atoms with van der Waals surface area (Å²) in [6, 6.07) is 7.22. The number of carbonyl (C=O) groups excluding carboxylic acids is 4. The summed E-state index contributed by atoms with van der Waals surface area (Å²) < 4.78 is 23.7. The monoisotopic (exact) mass is 497 g/mol. The van der Waals surface area contributed by atoms with Crippen molar-refractivity contribution in [3.05, 3.63) is 35.5 Å². The van der Waals surface area contributed by atoms with Gasteiger partial charge in [0.2, 0.25) is 0 Å². The Labute approximate surface area is 199 Å². The van der Waals surface area contributed by atoms with Gasteiger partial charge in [-0.15, -0.1) is 11.8 Å². The second kappa shape index (κ2) is 10.5. The van der Waals surface area contributed by atoms with E-state index < -0.39 is 52.8 Å². The average molecular weight is 498 g/mol. The van der Waals surface area contributed by atoms with E-state index in [2.05, 4.69) is 0 Å². The largest absolute Gasteiger partial charge is 0.465 e. The molecule has 1 aliphatic rings. The highest BCUT2D eigenvalue weighted by Gasteiger charge is 2.52. The Morgan fingerprint density at radius 1 is 0.879 bits per heavy atom. The number of thioether (sulfide) groups is 1. The highest BCUT2D eigenvalue weighted by Crippen LogP contribution is 2.45. The molecule has 1 fully saturated rings. The van der Waals surface area contributed by atoms with Crippen molar-refractivity contribution in [1.29, 1.82) is 0 Å². The number of hydrogen-bond acceptors (Lipinski definition) is 9. The van der Waals surface area contributed by atoms with Gasteiger partial charge in [0.15, 0.2) is 18.3 Å². The lowest BCUT2D eigenvalue weighted by molar-refractivity contribution is -0.187. The number of aromatic nitrogens is 1. The first-order valence-electron chi connectivity index (χ1n) is 10.1. The smallest absolute Gasteiger partial charge is 0.303 e. The number of rotatable bonds is 6. The van der Waals surface area contributed by atoms with E-state index in [1.54, 1.807) is 18.3 Å². The third-order valence-corrected chi connectivity index (χ3v) is 6.81. The van der Waals surface area contributed by atoms with Crippen LogP contribution < -0.4 is 0 Å². The van der Waals surface area contributed by atoms with E-state index in [-0.39, 0.29) is 6.61 Å². The number of fused-ring (bicyclic) bond motifs is 1. The van der Waals surface area contributed by atoms with Crippen molar-refractivity contribution in [3.8, 4) is 0 Å². The topological polar surface area (TPSA) is 110 Å². The Balaban J connectivity index is 2.13. The number of nitrogens with zero attached hydrogens (tertiary/aromatic N) is 1. The molecule has 11 heteroatoms. The van der Waals surface area contributed by atoms with Gasteiger partial charge in [0, 0.05) is 44.3 Å². The summed E-state index contributed by atoms with van der Waals surface area (Å²) in [5, 5.41) is 0.100. The molecular formula is C22H24ClNO8S. The van der Waals surface area contributed by atoms with Gasteiger partial charge in [-0.3, -0.25) is 19.2 Å². The van der Waals surface area contributed by atoms with Crippen LogP contribution in [0.15, 0.2) is 30.5 Å². The molecule has 0 aliphatic carbocycles. The molecule has 2 heterocycles. The Bertz CT molecular complexity index is 1070. The molecule has 1 aromatic heterocycles. The molecule has 1 saturated heterocycles. The number of hydrogen-bond donors (Lipinski definition) is 0. The molecule has 9 nitrogen and oxygen atoms in total. The number of carbonyl (C=O) groups is 4. The van der Waals surface area contributed by atoms with E-state index >= 15 is 0 Å². The molecule has 0 spiro atoms. The fourth-order valence-corrected chi connectivity index (χ4v) is 5.59. The Morgan fingerprint density at radius 3 is 2.09 bits per heavy atom. The maximum Gasteiger partial charge on any atom is 0.303 e. The van der Waals surface area contributed by atoms with Crippen molar-refractivity contribution in [2.24, 2.45) is 0 Å². The van der Waals surface area contributed by atoms with Gasteiger partial charge in [0.1, 0.15) is 12.0 Å². The summed E-state index contributed by atoms with van der Waals surface area (Å²) in [5.74, 6) is -2.38. The van der Waals surface area contributed by atoms with E-state index in [4.69, 9.17) is 30.5 Å². The van der Waals surface area contributed by atoms with Gasteiger partial charge in [0.25, 0.3) is 0 Å². The number of ether oxygens (including phenoxy) is 4. The summed E-state index contributed by atoms with van der Waals surface area (Å²) >= 11 is 7.61. The third kappa shape index (κ3) is 5.80. The molecule has 2 aromatic rings. The van der Waals surface area contributed by atoms with E-state index in [1.165, 1.54) is 39.5 Å². The van der Waals surface area contributed by atoms with Gasteiger partial charge in [-0.05, 0) is 18.2 Å². The molecule has 0 N–H and O–H groups in total. The number of esters is 4. The predicted octanol–water partition coefficient (Wildman–Crippen LogP) is 3.27. The van der Waals surface area contributed by atoms with Crippen molar-refractivity contribution < 1.29 is 38.1 Å². The van der Waals surface area contributed by atoms with Crippen LogP contribution in [0.4, 0.5) is 0 Å². The first-order chi connectivity index (χ1) is 15.6. The lowest BCUT2D eigenvalue weighted by atomic mass is 10.0. The predicted molar refractivity (Wildman–Crippen MR) is 121 cm³/mol. The molecule has 1 aliphatic heterocycles. The van der Waals surface area contributed by atoms with E-state index in [9.17, 15) is 19.2 Å². The Morgan fingerprint density at radius 2 is 1.48 bits per heavy atom. The Hall–Kier alpha value is -2.72. The van der Waals surface area contributed by atoms with Crippen molar-refractivity contribution in [2.75, 3.05) is 6.61 Å². The highest BCUT2D eigenvalue weighted by molar-refractivity contribution is 8.00. The van der Waals surface area contributed by atoms with Gasteiger partial charge in [0.05, 0.1) is 10.8 Å². The summed E-state index contributed by atoms with van der Waals surface area (Å²) in [6.07, 6.45) is -1.39. The molecule has 33 heavy (non-hydrogen) atoms. The van der Waals surface area contributed by atoms with Crippen molar-refractivity contribution in [1.82, 2.24) is 4.57 Å². The molecule has 0 unspecified atom stereocenters. The summed E-state index contributed by atoms with van der Waals surface area (Å²) in [7, 11) is 0. The standard InChI is InChI=1S/C22H24ClNO8S/c1-11(25)29-10-18-19(30-12(2)26)20(31-13(3)27)21(32-14(4)28)22(33-18)24-9-8-15-16(23)6-5-7-17(15)24/h5-9,18-22H,10H2,1-4H3/t18-,19+,20-,21+,22-/m0/s1. The molecular weight excluding hydrogens is 474 g/mol. The Kier molecular flexibility index (Phi) is 7.91. The average Bonchev–Trinajstić information content (AvgIpc) is 3.14. The molecule has 3 rings (SSSR count). The van der Waals surface area contributed by atoms with Crippen molar-refractivity contribution in [2.45, 2.75) is 56.6 Å². The van der Waals surface area contributed by atoms with Crippen LogP contribution in [0, 0.1) is 0 Å². The van der Waals surface area contributed by atoms with Crippen LogP contribution in [0.25, 0.3) is 10.9 Å². The zero-order valence-corrected chi connectivity index (χ0v) is 20.1. The first-order valence-corrected chi connectivity index (χ1v) is 11.5. The van der Waals surface area contributed by atoms with Crippen molar-refractivity contribution in [3.63, 3.8) is 0 Å². The fraction of sp³-hybridized carbons (Fsp3) is 0.455. The minimum Gasteiger partial charge on any atom is -0.465 e. The maximum atomic E-state index is 12.0. The van der Waals surface area contributed by atoms with Gasteiger partial charge >= 0.3 is 23.9 Å². The van der Waals surface area contributed by atoms with Crippen LogP contribution in [-0.4, -0.2) is 58.6 Å². The fourth-order valence-electron chi connectivity index (χ4n) is 3.80.